The average Bonchev–Trinajstić information content (AvgIpc) is 2.34. The number of hydrogen-bond acceptors (Lipinski definition) is 1. The lowest BCUT2D eigenvalue weighted by Gasteiger charge is -2.12. The quantitative estimate of drug-likeness (QED) is 0.635. The van der Waals surface area contributed by atoms with Gasteiger partial charge in [-0.05, 0) is 17.4 Å². The number of rotatable bonds is 2. The van der Waals surface area contributed by atoms with Gasteiger partial charge in [0.1, 0.15) is 0 Å². The Hall–Kier alpha value is -0.790. The van der Waals surface area contributed by atoms with E-state index in [-0.39, 0.29) is 0 Å². The highest BCUT2D eigenvalue weighted by Crippen LogP contribution is 2.22. The second kappa shape index (κ2) is 3.07. The fourth-order valence-corrected chi connectivity index (χ4v) is 1.06. The fraction of sp³-hybridized carbons (Fsp3) is 0.667. The lowest BCUT2D eigenvalue weighted by atomic mass is 9.93. The van der Waals surface area contributed by atoms with Crippen molar-refractivity contribution in [3.63, 3.8) is 0 Å². The molecule has 1 aromatic rings. The van der Waals surface area contributed by atoms with Crippen molar-refractivity contribution in [2.45, 2.75) is 26.7 Å². The van der Waals surface area contributed by atoms with Gasteiger partial charge in [-0.1, -0.05) is 20.8 Å². The van der Waals surface area contributed by atoms with Gasteiger partial charge in [0.15, 0.2) is 0 Å². The van der Waals surface area contributed by atoms with Gasteiger partial charge in [-0.3, -0.25) is 4.68 Å². The number of hydrogen-bond donors (Lipinski definition) is 0. The normalized spacial score (nSPS) is 13.9. The zero-order valence-corrected chi connectivity index (χ0v) is 7.70. The molecule has 1 unspecified atom stereocenters. The zero-order valence-electron chi connectivity index (χ0n) is 7.70. The molecule has 1 aromatic heterocycles. The molecule has 0 aromatic carbocycles. The lowest BCUT2D eigenvalue weighted by Crippen LogP contribution is -2.00. The summed E-state index contributed by atoms with van der Waals surface area (Å²) in [6.07, 6.45) is 4.04. The maximum Gasteiger partial charge on any atom is 0.0524 e. The van der Waals surface area contributed by atoms with E-state index in [1.807, 2.05) is 17.9 Å². The molecule has 0 saturated heterocycles. The lowest BCUT2D eigenvalue weighted by molar-refractivity contribution is 0.534. The van der Waals surface area contributed by atoms with E-state index in [2.05, 4.69) is 32.1 Å². The van der Waals surface area contributed by atoms with Crippen LogP contribution in [0.15, 0.2) is 12.4 Å². The molecule has 2 heteroatoms. The maximum atomic E-state index is 4.14. The van der Waals surface area contributed by atoms with E-state index in [1.54, 1.807) is 0 Å². The van der Waals surface area contributed by atoms with Crippen LogP contribution in [-0.2, 0) is 7.05 Å². The van der Waals surface area contributed by atoms with Gasteiger partial charge < -0.3 is 0 Å². The van der Waals surface area contributed by atoms with Gasteiger partial charge in [0.2, 0.25) is 0 Å². The standard InChI is InChI=1S/C9H16N2/c1-7(2)8(3)9-5-10-11(4)6-9/h5-8H,1-4H3. The predicted molar refractivity (Wildman–Crippen MR) is 46.5 cm³/mol. The van der Waals surface area contributed by atoms with E-state index in [1.165, 1.54) is 5.56 Å². The first-order valence-electron chi connectivity index (χ1n) is 4.10. The highest BCUT2D eigenvalue weighted by molar-refractivity contribution is 5.10. The molecule has 62 valence electrons. The minimum Gasteiger partial charge on any atom is -0.276 e. The van der Waals surface area contributed by atoms with Gasteiger partial charge in [0.25, 0.3) is 0 Å². The predicted octanol–water partition coefficient (Wildman–Crippen LogP) is 2.18. The average molecular weight is 152 g/mol. The molecule has 0 fully saturated rings. The Morgan fingerprint density at radius 1 is 1.36 bits per heavy atom. The van der Waals surface area contributed by atoms with Crippen LogP contribution in [0.4, 0.5) is 0 Å². The molecule has 0 N–H and O–H groups in total. The van der Waals surface area contributed by atoms with Crippen LogP contribution >= 0.6 is 0 Å². The van der Waals surface area contributed by atoms with Crippen LogP contribution in [0.3, 0.4) is 0 Å². The van der Waals surface area contributed by atoms with Crippen molar-refractivity contribution in [3.05, 3.63) is 18.0 Å². The van der Waals surface area contributed by atoms with E-state index in [9.17, 15) is 0 Å². The van der Waals surface area contributed by atoms with Gasteiger partial charge >= 0.3 is 0 Å². The molecule has 0 bridgehead atoms. The van der Waals surface area contributed by atoms with Crippen LogP contribution in [0.1, 0.15) is 32.3 Å². The summed E-state index contributed by atoms with van der Waals surface area (Å²) in [5.74, 6) is 1.31. The minimum atomic E-state index is 0.615. The molecular weight excluding hydrogens is 136 g/mol. The van der Waals surface area contributed by atoms with E-state index in [0.717, 1.165) is 0 Å². The summed E-state index contributed by atoms with van der Waals surface area (Å²) in [4.78, 5) is 0. The minimum absolute atomic E-state index is 0.615. The van der Waals surface area contributed by atoms with Crippen LogP contribution in [0, 0.1) is 5.92 Å². The second-order valence-corrected chi connectivity index (χ2v) is 3.48. The summed E-state index contributed by atoms with van der Waals surface area (Å²) in [7, 11) is 1.95. The Morgan fingerprint density at radius 2 is 2.00 bits per heavy atom. The molecule has 1 heterocycles. The van der Waals surface area contributed by atoms with Crippen molar-refractivity contribution in [2.24, 2.45) is 13.0 Å². The Bertz CT molecular complexity index is 225. The second-order valence-electron chi connectivity index (χ2n) is 3.48. The highest BCUT2D eigenvalue weighted by atomic mass is 15.2. The first-order chi connectivity index (χ1) is 5.11. The summed E-state index contributed by atoms with van der Waals surface area (Å²) in [5.41, 5.74) is 1.34. The third kappa shape index (κ3) is 1.82. The van der Waals surface area contributed by atoms with Crippen molar-refractivity contribution in [1.29, 1.82) is 0 Å². The zero-order chi connectivity index (χ0) is 8.43. The third-order valence-electron chi connectivity index (χ3n) is 2.25. The number of aromatic nitrogens is 2. The highest BCUT2D eigenvalue weighted by Gasteiger charge is 2.10. The Labute approximate surface area is 68.2 Å². The molecule has 0 saturated carbocycles. The Morgan fingerprint density at radius 3 is 2.36 bits per heavy atom. The number of nitrogens with zero attached hydrogens (tertiary/aromatic N) is 2. The van der Waals surface area contributed by atoms with Crippen molar-refractivity contribution in [3.8, 4) is 0 Å². The van der Waals surface area contributed by atoms with Gasteiger partial charge in [-0.25, -0.2) is 0 Å². The molecule has 0 radical (unpaired) electrons. The molecule has 11 heavy (non-hydrogen) atoms. The topological polar surface area (TPSA) is 17.8 Å². The largest absolute Gasteiger partial charge is 0.276 e. The van der Waals surface area contributed by atoms with E-state index in [0.29, 0.717) is 11.8 Å². The molecule has 0 spiro atoms. The van der Waals surface area contributed by atoms with Crippen molar-refractivity contribution in [2.75, 3.05) is 0 Å². The molecule has 1 rings (SSSR count). The smallest absolute Gasteiger partial charge is 0.0524 e. The van der Waals surface area contributed by atoms with Crippen molar-refractivity contribution >= 4 is 0 Å². The van der Waals surface area contributed by atoms with Crippen LogP contribution in [0.5, 0.6) is 0 Å². The summed E-state index contributed by atoms with van der Waals surface area (Å²) in [6.45, 7) is 6.71. The first kappa shape index (κ1) is 8.31. The van der Waals surface area contributed by atoms with Crippen LogP contribution in [0.2, 0.25) is 0 Å². The monoisotopic (exact) mass is 152 g/mol. The Kier molecular flexibility index (Phi) is 2.32. The van der Waals surface area contributed by atoms with Gasteiger partial charge in [0, 0.05) is 13.2 Å². The summed E-state index contributed by atoms with van der Waals surface area (Å²) in [6, 6.07) is 0. The fourth-order valence-electron chi connectivity index (χ4n) is 1.06. The van der Waals surface area contributed by atoms with Crippen LogP contribution in [0.25, 0.3) is 0 Å². The molecular formula is C9H16N2. The molecule has 0 aliphatic heterocycles. The van der Waals surface area contributed by atoms with Crippen LogP contribution < -0.4 is 0 Å². The van der Waals surface area contributed by atoms with E-state index in [4.69, 9.17) is 0 Å². The summed E-state index contributed by atoms with van der Waals surface area (Å²) >= 11 is 0. The van der Waals surface area contributed by atoms with Gasteiger partial charge in [-0.15, -0.1) is 0 Å². The number of aryl methyl sites for hydroxylation is 1. The van der Waals surface area contributed by atoms with Gasteiger partial charge in [0.05, 0.1) is 6.20 Å². The van der Waals surface area contributed by atoms with Gasteiger partial charge in [-0.2, -0.15) is 5.10 Å². The SMILES string of the molecule is CC(C)C(C)c1cnn(C)c1. The maximum absolute atomic E-state index is 4.14. The van der Waals surface area contributed by atoms with E-state index >= 15 is 0 Å². The molecule has 0 amide bonds. The third-order valence-corrected chi connectivity index (χ3v) is 2.25. The summed E-state index contributed by atoms with van der Waals surface area (Å²) in [5, 5.41) is 4.14. The molecule has 2 nitrogen and oxygen atoms in total. The van der Waals surface area contributed by atoms with Crippen LogP contribution in [-0.4, -0.2) is 9.78 Å². The first-order valence-corrected chi connectivity index (χ1v) is 4.10. The molecule has 0 aliphatic rings. The van der Waals surface area contributed by atoms with Crippen molar-refractivity contribution < 1.29 is 0 Å². The Balaban J connectivity index is 2.76. The molecule has 1 atom stereocenters. The van der Waals surface area contributed by atoms with E-state index < -0.39 is 0 Å². The molecule has 0 aliphatic carbocycles. The summed E-state index contributed by atoms with van der Waals surface area (Å²) < 4.78 is 1.86. The van der Waals surface area contributed by atoms with Crippen molar-refractivity contribution in [1.82, 2.24) is 9.78 Å².